The van der Waals surface area contributed by atoms with Crippen LogP contribution in [0.1, 0.15) is 16.1 Å². The number of H-pyrrole nitrogens is 1. The fraction of sp³-hybridized carbons (Fsp3) is 0.0870. The first-order chi connectivity index (χ1) is 16.1. The van der Waals surface area contributed by atoms with Gasteiger partial charge in [0.1, 0.15) is 11.8 Å². The smallest absolute Gasteiger partial charge is 0.430 e. The van der Waals surface area contributed by atoms with E-state index in [1.165, 1.54) is 12.1 Å². The molecule has 6 nitrogen and oxygen atoms in total. The van der Waals surface area contributed by atoms with E-state index in [9.17, 15) is 22.4 Å². The van der Waals surface area contributed by atoms with Crippen LogP contribution < -0.4 is 14.8 Å². The number of nitrogens with one attached hydrogen (secondary N) is 2. The van der Waals surface area contributed by atoms with Gasteiger partial charge in [0, 0.05) is 11.6 Å². The van der Waals surface area contributed by atoms with Gasteiger partial charge in [0.25, 0.3) is 11.7 Å². The van der Waals surface area contributed by atoms with E-state index in [-0.39, 0.29) is 11.7 Å². The van der Waals surface area contributed by atoms with Crippen molar-refractivity contribution >= 4 is 29.0 Å². The van der Waals surface area contributed by atoms with E-state index in [1.807, 2.05) is 47.0 Å². The molecule has 0 unspecified atom stereocenters. The van der Waals surface area contributed by atoms with Crippen molar-refractivity contribution in [3.63, 3.8) is 0 Å². The van der Waals surface area contributed by atoms with E-state index < -0.39 is 12.1 Å². The van der Waals surface area contributed by atoms with Crippen molar-refractivity contribution in [2.24, 2.45) is 0 Å². The van der Waals surface area contributed by atoms with E-state index in [0.29, 0.717) is 23.1 Å². The molecule has 2 N–H and O–H groups in total. The van der Waals surface area contributed by atoms with E-state index in [0.717, 1.165) is 16.6 Å². The van der Waals surface area contributed by atoms with Gasteiger partial charge >= 0.3 is 6.18 Å². The third-order valence-electron chi connectivity index (χ3n) is 4.52. The zero-order valence-corrected chi connectivity index (χ0v) is 18.0. The largest absolute Gasteiger partial charge is 0.542 e. The summed E-state index contributed by atoms with van der Waals surface area (Å²) in [5.41, 5.74) is 2.88. The van der Waals surface area contributed by atoms with E-state index >= 15 is 0 Å². The number of alkyl halides is 3. The average molecular weight is 494 g/mol. The number of rotatable bonds is 4. The Balaban J connectivity index is 0.000000406. The van der Waals surface area contributed by atoms with Crippen molar-refractivity contribution in [3.05, 3.63) is 95.0 Å². The van der Waals surface area contributed by atoms with Crippen LogP contribution in [0.5, 0.6) is 0 Å². The lowest BCUT2D eigenvalue weighted by Crippen LogP contribution is -2.37. The summed E-state index contributed by atoms with van der Waals surface area (Å²) in [5, 5.41) is 12.3. The molecule has 4 aromatic rings. The second kappa shape index (κ2) is 10.3. The lowest BCUT2D eigenvalue weighted by Gasteiger charge is -2.03. The van der Waals surface area contributed by atoms with Gasteiger partial charge in [-0.1, -0.05) is 29.8 Å². The molecule has 0 spiro atoms. The summed E-state index contributed by atoms with van der Waals surface area (Å²) in [4.78, 5) is 24.7. The number of amides is 1. The Hall–Kier alpha value is -3.92. The number of fused-ring (bicyclic) bond motifs is 1. The Kier molecular flexibility index (Phi) is 7.52. The second-order valence-corrected chi connectivity index (χ2v) is 7.35. The van der Waals surface area contributed by atoms with Gasteiger partial charge in [-0.2, -0.15) is 17.6 Å². The second-order valence-electron chi connectivity index (χ2n) is 6.91. The molecule has 0 radical (unpaired) electrons. The number of aliphatic carboxylic acids is 1. The first-order valence-electron chi connectivity index (χ1n) is 9.65. The monoisotopic (exact) mass is 493 g/mol. The number of nitrogens with zero attached hydrogens (tertiary/aromatic N) is 1. The standard InChI is InChI=1S/C21H15ClFN3O.C2HF3O2/c22-16-5-3-4-14(12-16)13-24-21(27)19-18-6-1-2-11-26(18)20(25-19)15-7-9-17(23)10-8-15;3-2(4,5)1(6)7/h1-12H,13H2,(H,24,27);(H,6,7). The number of aromatic amines is 1. The third kappa shape index (κ3) is 6.10. The number of hydrogen-bond acceptors (Lipinski definition) is 3. The highest BCUT2D eigenvalue weighted by atomic mass is 35.5. The first kappa shape index (κ1) is 24.7. The van der Waals surface area contributed by atoms with Gasteiger partial charge < -0.3 is 15.2 Å². The van der Waals surface area contributed by atoms with Crippen molar-refractivity contribution < 1.29 is 36.7 Å². The minimum atomic E-state index is -5.19. The third-order valence-corrected chi connectivity index (χ3v) is 4.75. The maximum Gasteiger partial charge on any atom is 0.430 e. The SMILES string of the molecule is O=C(NCc1cccc(Cl)c1)c1[nH]c(-c2ccc(F)cc2)[n+]2ccccc12.O=C([O-])C(F)(F)F. The minimum absolute atomic E-state index is 0.230. The van der Waals surface area contributed by atoms with Crippen molar-refractivity contribution in [2.75, 3.05) is 0 Å². The van der Waals surface area contributed by atoms with Gasteiger partial charge in [0.2, 0.25) is 5.69 Å². The molecule has 176 valence electrons. The first-order valence-corrected chi connectivity index (χ1v) is 10.0. The molecule has 1 amide bonds. The molecule has 0 saturated carbocycles. The Labute approximate surface area is 195 Å². The number of carbonyl (C=O) groups excluding carboxylic acids is 2. The molecule has 4 rings (SSSR count). The molecule has 0 aliphatic carbocycles. The Morgan fingerprint density at radius 3 is 2.32 bits per heavy atom. The van der Waals surface area contributed by atoms with Crippen LogP contribution in [0, 0.1) is 5.82 Å². The number of carboxylic acid groups (broad SMARTS) is 1. The molecule has 11 heteroatoms. The van der Waals surface area contributed by atoms with Crippen LogP contribution in [-0.2, 0) is 11.3 Å². The molecular formula is C23H16ClF4N3O3. The summed E-state index contributed by atoms with van der Waals surface area (Å²) >= 11 is 5.99. The van der Waals surface area contributed by atoms with Gasteiger partial charge in [0.15, 0.2) is 5.52 Å². The molecule has 2 aromatic heterocycles. The van der Waals surface area contributed by atoms with Crippen LogP contribution in [0.2, 0.25) is 5.02 Å². The molecule has 0 fully saturated rings. The van der Waals surface area contributed by atoms with Crippen molar-refractivity contribution in [1.29, 1.82) is 0 Å². The summed E-state index contributed by atoms with van der Waals surface area (Å²) in [6, 6.07) is 19.1. The van der Waals surface area contributed by atoms with Crippen LogP contribution in [0.3, 0.4) is 0 Å². The van der Waals surface area contributed by atoms with Crippen LogP contribution in [-0.4, -0.2) is 23.0 Å². The van der Waals surface area contributed by atoms with E-state index in [1.54, 1.807) is 18.2 Å². The van der Waals surface area contributed by atoms with Crippen molar-refractivity contribution in [2.45, 2.75) is 12.7 Å². The molecule has 0 aliphatic rings. The average Bonchev–Trinajstić information content (AvgIpc) is 3.18. The lowest BCUT2D eigenvalue weighted by atomic mass is 10.2. The van der Waals surface area contributed by atoms with Gasteiger partial charge in [0.05, 0.1) is 11.8 Å². The number of halogens is 5. The van der Waals surface area contributed by atoms with Crippen LogP contribution in [0.15, 0.2) is 72.9 Å². The van der Waals surface area contributed by atoms with E-state index in [4.69, 9.17) is 21.5 Å². The summed E-state index contributed by atoms with van der Waals surface area (Å²) < 4.78 is 46.7. The molecule has 0 atom stereocenters. The summed E-state index contributed by atoms with van der Waals surface area (Å²) in [5.74, 6) is -2.84. The van der Waals surface area contributed by atoms with Gasteiger partial charge in [-0.25, -0.2) is 9.37 Å². The number of imidazole rings is 1. The fourth-order valence-corrected chi connectivity index (χ4v) is 3.21. The van der Waals surface area contributed by atoms with E-state index in [2.05, 4.69) is 10.3 Å². The number of benzene rings is 2. The minimum Gasteiger partial charge on any atom is -0.542 e. The summed E-state index contributed by atoms with van der Waals surface area (Å²) in [7, 11) is 0. The summed E-state index contributed by atoms with van der Waals surface area (Å²) in [6.07, 6.45) is -3.34. The van der Waals surface area contributed by atoms with Crippen LogP contribution in [0.4, 0.5) is 17.6 Å². The quantitative estimate of drug-likeness (QED) is 0.337. The lowest BCUT2D eigenvalue weighted by molar-refractivity contribution is -0.498. The Bertz CT molecular complexity index is 1320. The fourth-order valence-electron chi connectivity index (χ4n) is 2.99. The van der Waals surface area contributed by atoms with Crippen molar-refractivity contribution in [1.82, 2.24) is 10.3 Å². The maximum atomic E-state index is 13.2. The van der Waals surface area contributed by atoms with Crippen LogP contribution in [0.25, 0.3) is 16.9 Å². The van der Waals surface area contributed by atoms with Crippen molar-refractivity contribution in [3.8, 4) is 11.4 Å². The molecule has 2 aromatic carbocycles. The number of carbonyl (C=O) groups is 2. The van der Waals surface area contributed by atoms with Crippen LogP contribution >= 0.6 is 11.6 Å². The highest BCUT2D eigenvalue weighted by Crippen LogP contribution is 2.18. The maximum absolute atomic E-state index is 13.2. The highest BCUT2D eigenvalue weighted by Gasteiger charge is 2.29. The zero-order valence-electron chi connectivity index (χ0n) is 17.2. The molecular weight excluding hydrogens is 478 g/mol. The van der Waals surface area contributed by atoms with Gasteiger partial charge in [-0.15, -0.1) is 0 Å². The van der Waals surface area contributed by atoms with Gasteiger partial charge in [-0.3, -0.25) is 4.79 Å². The molecule has 0 bridgehead atoms. The normalized spacial score (nSPS) is 11.0. The molecule has 0 saturated heterocycles. The predicted octanol–water partition coefficient (Wildman–Crippen LogP) is 3.44. The number of aromatic nitrogens is 2. The highest BCUT2D eigenvalue weighted by molar-refractivity contribution is 6.30. The Morgan fingerprint density at radius 2 is 1.71 bits per heavy atom. The molecule has 34 heavy (non-hydrogen) atoms. The molecule has 2 heterocycles. The zero-order chi connectivity index (χ0) is 24.9. The number of hydrogen-bond donors (Lipinski definition) is 2. The predicted molar refractivity (Wildman–Crippen MR) is 113 cm³/mol. The molecule has 0 aliphatic heterocycles. The van der Waals surface area contributed by atoms with Gasteiger partial charge in [-0.05, 0) is 54.1 Å². The summed E-state index contributed by atoms with van der Waals surface area (Å²) in [6.45, 7) is 0.364. The number of pyridine rings is 1. The Morgan fingerprint density at radius 1 is 1.03 bits per heavy atom. The number of carboxylic acids is 1. The topological polar surface area (TPSA) is 89.1 Å².